The van der Waals surface area contributed by atoms with Crippen molar-refractivity contribution in [3.63, 3.8) is 0 Å². The standard InChI is InChI=1S/C14H30N2O2/c1-6-14(7-2,10-17)16-12(5)13(18)15-9-8-11(3)4/h11-12,16-17H,6-10H2,1-5H3,(H,15,18). The molecule has 0 radical (unpaired) electrons. The van der Waals surface area contributed by atoms with Crippen molar-refractivity contribution in [2.75, 3.05) is 13.2 Å². The molecule has 0 rings (SSSR count). The molecule has 0 spiro atoms. The van der Waals surface area contributed by atoms with Gasteiger partial charge in [-0.05, 0) is 32.1 Å². The quantitative estimate of drug-likeness (QED) is 0.589. The molecular formula is C14H30N2O2. The van der Waals surface area contributed by atoms with E-state index in [2.05, 4.69) is 24.5 Å². The first-order valence-electron chi connectivity index (χ1n) is 7.07. The topological polar surface area (TPSA) is 61.4 Å². The molecule has 0 aliphatic rings. The van der Waals surface area contributed by atoms with Crippen LogP contribution >= 0.6 is 0 Å². The number of carbonyl (C=O) groups is 1. The molecule has 0 heterocycles. The van der Waals surface area contributed by atoms with Crippen molar-refractivity contribution in [1.82, 2.24) is 10.6 Å². The summed E-state index contributed by atoms with van der Waals surface area (Å²) < 4.78 is 0. The third-order valence-electron chi connectivity index (χ3n) is 3.59. The summed E-state index contributed by atoms with van der Waals surface area (Å²) in [6, 6.07) is -0.274. The van der Waals surface area contributed by atoms with Crippen molar-refractivity contribution in [2.45, 2.75) is 65.5 Å². The number of aliphatic hydroxyl groups excluding tert-OH is 1. The zero-order valence-electron chi connectivity index (χ0n) is 12.5. The van der Waals surface area contributed by atoms with Crippen LogP contribution in [0, 0.1) is 5.92 Å². The summed E-state index contributed by atoms with van der Waals surface area (Å²) in [6.07, 6.45) is 2.61. The number of nitrogens with one attached hydrogen (secondary N) is 2. The van der Waals surface area contributed by atoms with Crippen LogP contribution in [0.15, 0.2) is 0 Å². The van der Waals surface area contributed by atoms with Crippen LogP contribution in [0.2, 0.25) is 0 Å². The van der Waals surface area contributed by atoms with Crippen LogP contribution in [0.1, 0.15) is 53.9 Å². The molecular weight excluding hydrogens is 228 g/mol. The molecule has 0 bridgehead atoms. The Balaban J connectivity index is 4.21. The lowest BCUT2D eigenvalue weighted by Crippen LogP contribution is -2.56. The van der Waals surface area contributed by atoms with Crippen molar-refractivity contribution in [1.29, 1.82) is 0 Å². The normalized spacial score (nSPS) is 13.7. The molecule has 1 amide bonds. The van der Waals surface area contributed by atoms with Gasteiger partial charge in [0, 0.05) is 12.1 Å². The van der Waals surface area contributed by atoms with Crippen molar-refractivity contribution < 1.29 is 9.90 Å². The highest BCUT2D eigenvalue weighted by atomic mass is 16.3. The molecule has 0 saturated carbocycles. The van der Waals surface area contributed by atoms with Gasteiger partial charge >= 0.3 is 0 Å². The van der Waals surface area contributed by atoms with E-state index in [1.165, 1.54) is 0 Å². The van der Waals surface area contributed by atoms with Crippen molar-refractivity contribution in [3.8, 4) is 0 Å². The number of amides is 1. The van der Waals surface area contributed by atoms with Gasteiger partial charge in [0.1, 0.15) is 0 Å². The van der Waals surface area contributed by atoms with Gasteiger partial charge in [0.05, 0.1) is 12.6 Å². The van der Waals surface area contributed by atoms with Crippen LogP contribution < -0.4 is 10.6 Å². The first-order chi connectivity index (χ1) is 8.40. The molecule has 108 valence electrons. The summed E-state index contributed by atoms with van der Waals surface area (Å²) in [6.45, 7) is 10.9. The van der Waals surface area contributed by atoms with Crippen LogP contribution in [0.25, 0.3) is 0 Å². The Morgan fingerprint density at radius 2 is 1.78 bits per heavy atom. The van der Waals surface area contributed by atoms with Gasteiger partial charge in [-0.25, -0.2) is 0 Å². The summed E-state index contributed by atoms with van der Waals surface area (Å²) in [5.41, 5.74) is -0.338. The molecule has 0 fully saturated rings. The minimum Gasteiger partial charge on any atom is -0.394 e. The fourth-order valence-electron chi connectivity index (χ4n) is 1.89. The highest BCUT2D eigenvalue weighted by Crippen LogP contribution is 2.15. The Kier molecular flexibility index (Phi) is 8.20. The zero-order chi connectivity index (χ0) is 14.2. The third kappa shape index (κ3) is 5.83. The molecule has 18 heavy (non-hydrogen) atoms. The summed E-state index contributed by atoms with van der Waals surface area (Å²) in [5, 5.41) is 15.6. The van der Waals surface area contributed by atoms with E-state index in [-0.39, 0.29) is 24.1 Å². The minimum atomic E-state index is -0.338. The summed E-state index contributed by atoms with van der Waals surface area (Å²) in [4.78, 5) is 11.9. The lowest BCUT2D eigenvalue weighted by Gasteiger charge is -2.33. The number of rotatable bonds is 9. The van der Waals surface area contributed by atoms with E-state index < -0.39 is 0 Å². The average Bonchev–Trinajstić information content (AvgIpc) is 2.35. The number of hydrogen-bond acceptors (Lipinski definition) is 3. The van der Waals surface area contributed by atoms with Gasteiger partial charge in [-0.2, -0.15) is 0 Å². The molecule has 0 saturated heterocycles. The molecule has 0 aromatic rings. The Morgan fingerprint density at radius 1 is 1.22 bits per heavy atom. The average molecular weight is 258 g/mol. The van der Waals surface area contributed by atoms with E-state index in [1.807, 2.05) is 20.8 Å². The lowest BCUT2D eigenvalue weighted by atomic mass is 9.93. The molecule has 0 aliphatic carbocycles. The van der Waals surface area contributed by atoms with Gasteiger partial charge in [0.25, 0.3) is 0 Å². The molecule has 1 unspecified atom stereocenters. The van der Waals surface area contributed by atoms with Crippen molar-refractivity contribution in [2.24, 2.45) is 5.92 Å². The van der Waals surface area contributed by atoms with Crippen LogP contribution in [-0.4, -0.2) is 35.7 Å². The molecule has 1 atom stereocenters. The van der Waals surface area contributed by atoms with Crippen LogP contribution in [-0.2, 0) is 4.79 Å². The SMILES string of the molecule is CCC(CC)(CO)NC(C)C(=O)NCCC(C)C. The minimum absolute atomic E-state index is 0.00961. The smallest absolute Gasteiger partial charge is 0.236 e. The Bertz CT molecular complexity index is 230. The van der Waals surface area contributed by atoms with Crippen LogP contribution in [0.3, 0.4) is 0 Å². The second-order valence-corrected chi connectivity index (χ2v) is 5.49. The molecule has 4 nitrogen and oxygen atoms in total. The van der Waals surface area contributed by atoms with Gasteiger partial charge in [-0.3, -0.25) is 10.1 Å². The fourth-order valence-corrected chi connectivity index (χ4v) is 1.89. The van der Waals surface area contributed by atoms with E-state index in [4.69, 9.17) is 0 Å². The first kappa shape index (κ1) is 17.4. The fraction of sp³-hybridized carbons (Fsp3) is 0.929. The van der Waals surface area contributed by atoms with E-state index in [0.717, 1.165) is 19.3 Å². The van der Waals surface area contributed by atoms with Crippen LogP contribution in [0.4, 0.5) is 0 Å². The number of carbonyl (C=O) groups excluding carboxylic acids is 1. The predicted molar refractivity (Wildman–Crippen MR) is 75.5 cm³/mol. The van der Waals surface area contributed by atoms with E-state index in [0.29, 0.717) is 12.5 Å². The van der Waals surface area contributed by atoms with Gasteiger partial charge < -0.3 is 10.4 Å². The lowest BCUT2D eigenvalue weighted by molar-refractivity contribution is -0.123. The molecule has 0 aliphatic heterocycles. The number of aliphatic hydroxyl groups is 1. The first-order valence-corrected chi connectivity index (χ1v) is 7.07. The maximum Gasteiger partial charge on any atom is 0.236 e. The maximum absolute atomic E-state index is 11.9. The van der Waals surface area contributed by atoms with Gasteiger partial charge in [-0.1, -0.05) is 27.7 Å². The Morgan fingerprint density at radius 3 is 2.17 bits per heavy atom. The van der Waals surface area contributed by atoms with Crippen molar-refractivity contribution in [3.05, 3.63) is 0 Å². The Labute approximate surface area is 112 Å². The second-order valence-electron chi connectivity index (χ2n) is 5.49. The number of hydrogen-bond donors (Lipinski definition) is 3. The van der Waals surface area contributed by atoms with Gasteiger partial charge in [0.2, 0.25) is 5.91 Å². The molecule has 0 aromatic carbocycles. The van der Waals surface area contributed by atoms with E-state index in [1.54, 1.807) is 0 Å². The Hall–Kier alpha value is -0.610. The van der Waals surface area contributed by atoms with Crippen LogP contribution in [0.5, 0.6) is 0 Å². The van der Waals surface area contributed by atoms with E-state index >= 15 is 0 Å². The molecule has 0 aromatic heterocycles. The van der Waals surface area contributed by atoms with Crippen molar-refractivity contribution >= 4 is 5.91 Å². The highest BCUT2D eigenvalue weighted by Gasteiger charge is 2.28. The zero-order valence-corrected chi connectivity index (χ0v) is 12.5. The summed E-state index contributed by atoms with van der Waals surface area (Å²) >= 11 is 0. The molecule has 3 N–H and O–H groups in total. The third-order valence-corrected chi connectivity index (χ3v) is 3.59. The van der Waals surface area contributed by atoms with E-state index in [9.17, 15) is 9.90 Å². The second kappa shape index (κ2) is 8.48. The summed E-state index contributed by atoms with van der Waals surface area (Å²) in [7, 11) is 0. The molecule has 4 heteroatoms. The predicted octanol–water partition coefficient (Wildman–Crippen LogP) is 1.68. The van der Waals surface area contributed by atoms with Gasteiger partial charge in [-0.15, -0.1) is 0 Å². The van der Waals surface area contributed by atoms with Gasteiger partial charge in [0.15, 0.2) is 0 Å². The highest BCUT2D eigenvalue weighted by molar-refractivity contribution is 5.81. The monoisotopic (exact) mass is 258 g/mol. The summed E-state index contributed by atoms with van der Waals surface area (Å²) in [5.74, 6) is 0.603. The largest absolute Gasteiger partial charge is 0.394 e. The maximum atomic E-state index is 11.9.